The third-order valence-electron chi connectivity index (χ3n) is 2.67. The minimum atomic E-state index is -0.235. The monoisotopic (exact) mass is 215 g/mol. The lowest BCUT2D eigenvalue weighted by molar-refractivity contribution is -0.117. The lowest BCUT2D eigenvalue weighted by Gasteiger charge is -2.29. The van der Waals surface area contributed by atoms with Gasteiger partial charge in [0, 0.05) is 0 Å². The molecule has 0 radical (unpaired) electrons. The van der Waals surface area contributed by atoms with Gasteiger partial charge in [0.1, 0.15) is 6.04 Å². The average Bonchev–Trinajstić information content (AvgIpc) is 2.27. The molecule has 0 saturated heterocycles. The highest BCUT2D eigenvalue weighted by atomic mass is 16.2. The standard InChI is InChI=1S/C12H13N3O/c1-7(2)11-12(16)15-9-4-3-8(6-13)5-10(9)14-11/h3-5,7,11,14H,1-2H3,(H,15,16). The van der Waals surface area contributed by atoms with Crippen molar-refractivity contribution >= 4 is 17.3 Å². The lowest BCUT2D eigenvalue weighted by Crippen LogP contribution is -2.42. The Morgan fingerprint density at radius 2 is 2.12 bits per heavy atom. The molecule has 16 heavy (non-hydrogen) atoms. The van der Waals surface area contributed by atoms with Crippen LogP contribution < -0.4 is 10.6 Å². The van der Waals surface area contributed by atoms with Crippen molar-refractivity contribution in [1.82, 2.24) is 0 Å². The maximum atomic E-state index is 11.7. The van der Waals surface area contributed by atoms with Gasteiger partial charge in [-0.25, -0.2) is 0 Å². The Hall–Kier alpha value is -2.02. The molecule has 0 fully saturated rings. The largest absolute Gasteiger partial charge is 0.372 e. The zero-order valence-electron chi connectivity index (χ0n) is 9.24. The Kier molecular flexibility index (Phi) is 2.53. The Bertz CT molecular complexity index is 474. The van der Waals surface area contributed by atoms with Crippen LogP contribution in [-0.2, 0) is 4.79 Å². The van der Waals surface area contributed by atoms with Crippen LogP contribution in [0.5, 0.6) is 0 Å². The number of nitrogens with zero attached hydrogens (tertiary/aromatic N) is 1. The highest BCUT2D eigenvalue weighted by Crippen LogP contribution is 2.29. The number of anilines is 2. The van der Waals surface area contributed by atoms with Crippen LogP contribution in [0.4, 0.5) is 11.4 Å². The van der Waals surface area contributed by atoms with E-state index in [0.717, 1.165) is 11.4 Å². The van der Waals surface area contributed by atoms with Crippen molar-refractivity contribution in [3.8, 4) is 6.07 Å². The molecule has 1 aromatic rings. The molecule has 0 saturated carbocycles. The van der Waals surface area contributed by atoms with Crippen LogP contribution in [0.2, 0.25) is 0 Å². The maximum Gasteiger partial charge on any atom is 0.247 e. The SMILES string of the molecule is CC(C)C1Nc2cc(C#N)ccc2NC1=O. The number of hydrogen-bond donors (Lipinski definition) is 2. The second kappa shape index (κ2) is 3.86. The number of rotatable bonds is 1. The molecule has 0 aromatic heterocycles. The first-order valence-electron chi connectivity index (χ1n) is 5.23. The van der Waals surface area contributed by atoms with E-state index in [4.69, 9.17) is 5.26 Å². The summed E-state index contributed by atoms with van der Waals surface area (Å²) in [4.78, 5) is 11.7. The van der Waals surface area contributed by atoms with E-state index in [9.17, 15) is 4.79 Å². The molecule has 4 nitrogen and oxygen atoms in total. The molecule has 82 valence electrons. The first-order chi connectivity index (χ1) is 7.61. The summed E-state index contributed by atoms with van der Waals surface area (Å²) in [5.41, 5.74) is 2.14. The van der Waals surface area contributed by atoms with Crippen LogP contribution in [-0.4, -0.2) is 11.9 Å². The summed E-state index contributed by atoms with van der Waals surface area (Å²) in [5, 5.41) is 14.8. The summed E-state index contributed by atoms with van der Waals surface area (Å²) in [6.45, 7) is 3.97. The fraction of sp³-hybridized carbons (Fsp3) is 0.333. The van der Waals surface area contributed by atoms with Crippen molar-refractivity contribution in [1.29, 1.82) is 5.26 Å². The summed E-state index contributed by atoms with van der Waals surface area (Å²) in [7, 11) is 0. The normalized spacial score (nSPS) is 18.4. The van der Waals surface area contributed by atoms with E-state index in [2.05, 4.69) is 16.7 Å². The molecular formula is C12H13N3O. The summed E-state index contributed by atoms with van der Waals surface area (Å²) < 4.78 is 0. The predicted octanol–water partition coefficient (Wildman–Crippen LogP) is 1.95. The summed E-state index contributed by atoms with van der Waals surface area (Å²) >= 11 is 0. The summed E-state index contributed by atoms with van der Waals surface area (Å²) in [5.74, 6) is 0.186. The quantitative estimate of drug-likeness (QED) is 0.752. The summed E-state index contributed by atoms with van der Waals surface area (Å²) in [6, 6.07) is 7.04. The average molecular weight is 215 g/mol. The van der Waals surface area contributed by atoms with Crippen molar-refractivity contribution < 1.29 is 4.79 Å². The molecule has 1 aromatic carbocycles. The Balaban J connectivity index is 2.37. The number of fused-ring (bicyclic) bond motifs is 1. The highest BCUT2D eigenvalue weighted by Gasteiger charge is 2.27. The van der Waals surface area contributed by atoms with Crippen molar-refractivity contribution in [2.75, 3.05) is 10.6 Å². The van der Waals surface area contributed by atoms with Crippen LogP contribution in [0, 0.1) is 17.2 Å². The van der Waals surface area contributed by atoms with Gasteiger partial charge in [-0.15, -0.1) is 0 Å². The number of nitriles is 1. The van der Waals surface area contributed by atoms with E-state index in [-0.39, 0.29) is 17.9 Å². The molecule has 1 atom stereocenters. The van der Waals surface area contributed by atoms with Gasteiger partial charge >= 0.3 is 0 Å². The van der Waals surface area contributed by atoms with Gasteiger partial charge in [0.05, 0.1) is 23.0 Å². The molecule has 2 rings (SSSR count). The number of benzene rings is 1. The van der Waals surface area contributed by atoms with Gasteiger partial charge in [-0.3, -0.25) is 4.79 Å². The first-order valence-corrected chi connectivity index (χ1v) is 5.23. The number of nitrogens with one attached hydrogen (secondary N) is 2. The van der Waals surface area contributed by atoms with Crippen molar-refractivity contribution in [3.05, 3.63) is 23.8 Å². The smallest absolute Gasteiger partial charge is 0.247 e. The molecule has 0 aliphatic carbocycles. The minimum Gasteiger partial charge on any atom is -0.372 e. The molecule has 1 unspecified atom stereocenters. The van der Waals surface area contributed by atoms with Crippen LogP contribution in [0.15, 0.2) is 18.2 Å². The molecule has 0 bridgehead atoms. The zero-order chi connectivity index (χ0) is 11.7. The Morgan fingerprint density at radius 1 is 1.38 bits per heavy atom. The Morgan fingerprint density at radius 3 is 2.75 bits per heavy atom. The van der Waals surface area contributed by atoms with E-state index in [0.29, 0.717) is 5.56 Å². The fourth-order valence-corrected chi connectivity index (χ4v) is 1.76. The van der Waals surface area contributed by atoms with Crippen LogP contribution >= 0.6 is 0 Å². The third-order valence-corrected chi connectivity index (χ3v) is 2.67. The molecule has 1 amide bonds. The van der Waals surface area contributed by atoms with Crippen molar-refractivity contribution in [2.24, 2.45) is 5.92 Å². The van der Waals surface area contributed by atoms with E-state index < -0.39 is 0 Å². The van der Waals surface area contributed by atoms with Gasteiger partial charge in [-0.1, -0.05) is 13.8 Å². The molecule has 1 heterocycles. The van der Waals surface area contributed by atoms with Gasteiger partial charge in [-0.2, -0.15) is 5.26 Å². The fourth-order valence-electron chi connectivity index (χ4n) is 1.76. The highest BCUT2D eigenvalue weighted by molar-refractivity contribution is 6.03. The number of carbonyl (C=O) groups is 1. The second-order valence-electron chi connectivity index (χ2n) is 4.23. The van der Waals surface area contributed by atoms with Gasteiger partial charge in [0.25, 0.3) is 0 Å². The number of hydrogen-bond acceptors (Lipinski definition) is 3. The first kappa shape index (κ1) is 10.5. The van der Waals surface area contributed by atoms with E-state index in [1.54, 1.807) is 18.2 Å². The summed E-state index contributed by atoms with van der Waals surface area (Å²) in [6.07, 6.45) is 0. The molecular weight excluding hydrogens is 202 g/mol. The van der Waals surface area contributed by atoms with Crippen LogP contribution in [0.3, 0.4) is 0 Å². The van der Waals surface area contributed by atoms with Gasteiger partial charge in [-0.05, 0) is 24.1 Å². The van der Waals surface area contributed by atoms with Gasteiger partial charge in [0.15, 0.2) is 0 Å². The molecule has 4 heteroatoms. The number of carbonyl (C=O) groups excluding carboxylic acids is 1. The Labute approximate surface area is 94.3 Å². The molecule has 0 spiro atoms. The van der Waals surface area contributed by atoms with Crippen LogP contribution in [0.1, 0.15) is 19.4 Å². The van der Waals surface area contributed by atoms with Crippen LogP contribution in [0.25, 0.3) is 0 Å². The van der Waals surface area contributed by atoms with E-state index in [1.165, 1.54) is 0 Å². The second-order valence-corrected chi connectivity index (χ2v) is 4.23. The van der Waals surface area contributed by atoms with Crippen molar-refractivity contribution in [3.63, 3.8) is 0 Å². The topological polar surface area (TPSA) is 64.9 Å². The zero-order valence-corrected chi connectivity index (χ0v) is 9.24. The molecule has 1 aliphatic heterocycles. The third kappa shape index (κ3) is 1.72. The van der Waals surface area contributed by atoms with Gasteiger partial charge < -0.3 is 10.6 Å². The van der Waals surface area contributed by atoms with Crippen molar-refractivity contribution in [2.45, 2.75) is 19.9 Å². The van der Waals surface area contributed by atoms with Gasteiger partial charge in [0.2, 0.25) is 5.91 Å². The minimum absolute atomic E-state index is 0.0211. The number of amides is 1. The van der Waals surface area contributed by atoms with E-state index in [1.807, 2.05) is 13.8 Å². The predicted molar refractivity (Wildman–Crippen MR) is 62.0 cm³/mol. The molecule has 2 N–H and O–H groups in total. The van der Waals surface area contributed by atoms with E-state index >= 15 is 0 Å². The lowest BCUT2D eigenvalue weighted by atomic mass is 10.00. The molecule has 1 aliphatic rings. The maximum absolute atomic E-state index is 11.7.